The predicted molar refractivity (Wildman–Crippen MR) is 85.1 cm³/mol. The lowest BCUT2D eigenvalue weighted by molar-refractivity contribution is 0.0954. The van der Waals surface area contributed by atoms with Gasteiger partial charge in [0.15, 0.2) is 0 Å². The van der Waals surface area contributed by atoms with Crippen LogP contribution in [0.15, 0.2) is 24.3 Å². The summed E-state index contributed by atoms with van der Waals surface area (Å²) in [7, 11) is 0. The van der Waals surface area contributed by atoms with Gasteiger partial charge in [-0.2, -0.15) is 0 Å². The highest BCUT2D eigenvalue weighted by molar-refractivity contribution is 5.94. The summed E-state index contributed by atoms with van der Waals surface area (Å²) in [6, 6.07) is 7.66. The van der Waals surface area contributed by atoms with Crippen LogP contribution in [0, 0.1) is 6.92 Å². The second-order valence-corrected chi connectivity index (χ2v) is 5.29. The van der Waals surface area contributed by atoms with Gasteiger partial charge in [-0.05, 0) is 32.0 Å². The van der Waals surface area contributed by atoms with Crippen LogP contribution in [-0.4, -0.2) is 25.5 Å². The zero-order valence-corrected chi connectivity index (χ0v) is 12.9. The van der Waals surface area contributed by atoms with E-state index in [1.165, 1.54) is 37.7 Å². The van der Waals surface area contributed by atoms with Crippen LogP contribution in [0.1, 0.15) is 54.9 Å². The van der Waals surface area contributed by atoms with Crippen molar-refractivity contribution in [3.05, 3.63) is 35.4 Å². The molecule has 2 N–H and O–H groups in total. The number of unbranched alkanes of at least 4 members (excludes halogenated alkanes) is 4. The fourth-order valence-corrected chi connectivity index (χ4v) is 2.05. The minimum absolute atomic E-state index is 0.00902. The summed E-state index contributed by atoms with van der Waals surface area (Å²) in [5.74, 6) is 0.00902. The van der Waals surface area contributed by atoms with Crippen LogP contribution in [0.5, 0.6) is 0 Å². The van der Waals surface area contributed by atoms with Gasteiger partial charge in [0.2, 0.25) is 0 Å². The molecule has 0 aliphatic rings. The summed E-state index contributed by atoms with van der Waals surface area (Å²) in [6.07, 6.45) is 6.50. The summed E-state index contributed by atoms with van der Waals surface area (Å²) < 4.78 is 0. The molecule has 0 heterocycles. The fourth-order valence-electron chi connectivity index (χ4n) is 2.05. The van der Waals surface area contributed by atoms with Crippen LogP contribution in [0.25, 0.3) is 0 Å². The maximum absolute atomic E-state index is 11.8. The van der Waals surface area contributed by atoms with E-state index in [0.29, 0.717) is 6.54 Å². The second-order valence-electron chi connectivity index (χ2n) is 5.29. The Kier molecular flexibility index (Phi) is 8.72. The van der Waals surface area contributed by atoms with E-state index in [4.69, 9.17) is 0 Å². The summed E-state index contributed by atoms with van der Waals surface area (Å²) in [6.45, 7) is 6.82. The maximum atomic E-state index is 11.8. The van der Waals surface area contributed by atoms with E-state index in [1.54, 1.807) is 0 Å². The largest absolute Gasteiger partial charge is 0.351 e. The highest BCUT2D eigenvalue weighted by Crippen LogP contribution is 2.02. The third kappa shape index (κ3) is 7.29. The summed E-state index contributed by atoms with van der Waals surface area (Å²) >= 11 is 0. The first-order valence-corrected chi connectivity index (χ1v) is 7.79. The van der Waals surface area contributed by atoms with Gasteiger partial charge in [0.25, 0.3) is 5.91 Å². The molecule has 0 aliphatic carbocycles. The van der Waals surface area contributed by atoms with E-state index < -0.39 is 0 Å². The molecule has 0 spiro atoms. The van der Waals surface area contributed by atoms with E-state index >= 15 is 0 Å². The van der Waals surface area contributed by atoms with Crippen molar-refractivity contribution in [1.82, 2.24) is 10.6 Å². The van der Waals surface area contributed by atoms with Crippen LogP contribution in [-0.2, 0) is 0 Å². The van der Waals surface area contributed by atoms with Gasteiger partial charge >= 0.3 is 0 Å². The van der Waals surface area contributed by atoms with E-state index in [-0.39, 0.29) is 5.91 Å². The monoisotopic (exact) mass is 276 g/mol. The van der Waals surface area contributed by atoms with Gasteiger partial charge in [-0.3, -0.25) is 4.79 Å². The van der Waals surface area contributed by atoms with Gasteiger partial charge in [0.05, 0.1) is 0 Å². The molecule has 0 saturated carbocycles. The molecule has 1 aromatic carbocycles. The molecule has 0 fully saturated rings. The highest BCUT2D eigenvalue weighted by Gasteiger charge is 2.03. The van der Waals surface area contributed by atoms with Gasteiger partial charge in [-0.1, -0.05) is 50.3 Å². The zero-order chi connectivity index (χ0) is 14.6. The number of nitrogens with one attached hydrogen (secondary N) is 2. The molecule has 0 saturated heterocycles. The van der Waals surface area contributed by atoms with E-state index in [0.717, 1.165) is 18.7 Å². The lowest BCUT2D eigenvalue weighted by Crippen LogP contribution is -2.32. The van der Waals surface area contributed by atoms with Crippen molar-refractivity contribution in [2.24, 2.45) is 0 Å². The number of benzene rings is 1. The number of carbonyl (C=O) groups excluding carboxylic acids is 1. The minimum Gasteiger partial charge on any atom is -0.351 e. The molecule has 20 heavy (non-hydrogen) atoms. The summed E-state index contributed by atoms with van der Waals surface area (Å²) in [4.78, 5) is 11.8. The Morgan fingerprint density at radius 1 is 0.950 bits per heavy atom. The predicted octanol–water partition coefficient (Wildman–Crippen LogP) is 3.28. The molecule has 0 radical (unpaired) electrons. The lowest BCUT2D eigenvalue weighted by atomic mass is 10.1. The highest BCUT2D eigenvalue weighted by atomic mass is 16.1. The van der Waals surface area contributed by atoms with Gasteiger partial charge in [0, 0.05) is 18.7 Å². The van der Waals surface area contributed by atoms with Gasteiger partial charge in [-0.15, -0.1) is 0 Å². The van der Waals surface area contributed by atoms with Crippen molar-refractivity contribution in [3.8, 4) is 0 Å². The van der Waals surface area contributed by atoms with Crippen LogP contribution < -0.4 is 10.6 Å². The number of aryl methyl sites for hydroxylation is 1. The Hall–Kier alpha value is -1.35. The van der Waals surface area contributed by atoms with Crippen molar-refractivity contribution < 1.29 is 4.79 Å². The first-order chi connectivity index (χ1) is 9.74. The average Bonchev–Trinajstić information content (AvgIpc) is 2.46. The van der Waals surface area contributed by atoms with Crippen molar-refractivity contribution in [3.63, 3.8) is 0 Å². The Morgan fingerprint density at radius 3 is 2.35 bits per heavy atom. The Balaban J connectivity index is 2.01. The summed E-state index contributed by atoms with van der Waals surface area (Å²) in [5.41, 5.74) is 1.90. The molecule has 1 aromatic rings. The molecule has 1 amide bonds. The number of hydrogen-bond donors (Lipinski definition) is 2. The molecule has 112 valence electrons. The van der Waals surface area contributed by atoms with Crippen LogP contribution in [0.3, 0.4) is 0 Å². The van der Waals surface area contributed by atoms with Crippen LogP contribution in [0.4, 0.5) is 0 Å². The second kappa shape index (κ2) is 10.4. The minimum atomic E-state index is 0.00902. The average molecular weight is 276 g/mol. The molecular weight excluding hydrogens is 248 g/mol. The van der Waals surface area contributed by atoms with E-state index in [9.17, 15) is 4.79 Å². The van der Waals surface area contributed by atoms with Crippen molar-refractivity contribution in [2.75, 3.05) is 19.6 Å². The molecule has 3 nitrogen and oxygen atoms in total. The summed E-state index contributed by atoms with van der Waals surface area (Å²) in [5, 5.41) is 6.29. The molecular formula is C17H28N2O. The topological polar surface area (TPSA) is 41.1 Å². The first-order valence-electron chi connectivity index (χ1n) is 7.79. The van der Waals surface area contributed by atoms with Crippen molar-refractivity contribution >= 4 is 5.91 Å². The lowest BCUT2D eigenvalue weighted by Gasteiger charge is -2.07. The third-order valence-electron chi connectivity index (χ3n) is 3.36. The Morgan fingerprint density at radius 2 is 1.65 bits per heavy atom. The molecule has 1 rings (SSSR count). The van der Waals surface area contributed by atoms with Crippen molar-refractivity contribution in [2.45, 2.75) is 46.0 Å². The van der Waals surface area contributed by atoms with Gasteiger partial charge in [0.1, 0.15) is 0 Å². The molecule has 0 unspecified atom stereocenters. The van der Waals surface area contributed by atoms with E-state index in [1.807, 2.05) is 31.2 Å². The smallest absolute Gasteiger partial charge is 0.251 e. The third-order valence-corrected chi connectivity index (χ3v) is 3.36. The van der Waals surface area contributed by atoms with Crippen molar-refractivity contribution in [1.29, 1.82) is 0 Å². The molecule has 0 bridgehead atoms. The number of carbonyl (C=O) groups is 1. The Bertz CT molecular complexity index is 373. The molecule has 0 atom stereocenters. The fraction of sp³-hybridized carbons (Fsp3) is 0.588. The molecule has 0 aromatic heterocycles. The van der Waals surface area contributed by atoms with E-state index in [2.05, 4.69) is 17.6 Å². The van der Waals surface area contributed by atoms with Gasteiger partial charge in [-0.25, -0.2) is 0 Å². The van der Waals surface area contributed by atoms with Gasteiger partial charge < -0.3 is 10.6 Å². The normalized spacial score (nSPS) is 10.5. The Labute approximate surface area is 123 Å². The van der Waals surface area contributed by atoms with Crippen LogP contribution in [0.2, 0.25) is 0 Å². The zero-order valence-electron chi connectivity index (χ0n) is 12.9. The SMILES string of the molecule is CCCCCCCNCCNC(=O)c1ccc(C)cc1. The first kappa shape index (κ1) is 16.7. The standard InChI is InChI=1S/C17H28N2O/c1-3-4-5-6-7-12-18-13-14-19-17(20)16-10-8-15(2)9-11-16/h8-11,18H,3-7,12-14H2,1-2H3,(H,19,20). The number of amides is 1. The molecule has 0 aliphatic heterocycles. The quantitative estimate of drug-likeness (QED) is 0.644. The maximum Gasteiger partial charge on any atom is 0.251 e. The number of hydrogen-bond acceptors (Lipinski definition) is 2. The van der Waals surface area contributed by atoms with Crippen LogP contribution >= 0.6 is 0 Å². The molecule has 3 heteroatoms. The number of rotatable bonds is 10.